The summed E-state index contributed by atoms with van der Waals surface area (Å²) in [5.41, 5.74) is 1.52. The van der Waals surface area contributed by atoms with Gasteiger partial charge < -0.3 is 15.4 Å². The molecular weight excluding hydrogens is 308 g/mol. The summed E-state index contributed by atoms with van der Waals surface area (Å²) in [6.45, 7) is 4.66. The van der Waals surface area contributed by atoms with Gasteiger partial charge in [-0.1, -0.05) is 12.6 Å². The number of anilines is 2. The van der Waals surface area contributed by atoms with E-state index in [2.05, 4.69) is 17.2 Å². The minimum atomic E-state index is -0.454. The minimum Gasteiger partial charge on any atom is -0.427 e. The van der Waals surface area contributed by atoms with Crippen molar-refractivity contribution in [3.8, 4) is 5.75 Å². The Hall–Kier alpha value is -3.41. The van der Waals surface area contributed by atoms with Gasteiger partial charge in [-0.05, 0) is 48.5 Å². The number of benzene rings is 2. The van der Waals surface area contributed by atoms with Crippen molar-refractivity contribution in [3.05, 3.63) is 66.7 Å². The molecule has 24 heavy (non-hydrogen) atoms. The molecule has 2 N–H and O–H groups in total. The van der Waals surface area contributed by atoms with Crippen LogP contribution in [0.25, 0.3) is 0 Å². The van der Waals surface area contributed by atoms with E-state index in [9.17, 15) is 14.4 Å². The molecule has 0 radical (unpaired) electrons. The summed E-state index contributed by atoms with van der Waals surface area (Å²) in [6.07, 6.45) is 1.17. The van der Waals surface area contributed by atoms with E-state index in [0.717, 1.165) is 0 Å². The zero-order valence-electron chi connectivity index (χ0n) is 13.0. The Morgan fingerprint density at radius 1 is 1.00 bits per heavy atom. The van der Waals surface area contributed by atoms with E-state index >= 15 is 0 Å². The Kier molecular flexibility index (Phi) is 5.46. The lowest BCUT2D eigenvalue weighted by atomic mass is 10.2. The predicted octanol–water partition coefficient (Wildman–Crippen LogP) is 2.99. The third-order valence-electron chi connectivity index (χ3n) is 2.95. The summed E-state index contributed by atoms with van der Waals surface area (Å²) in [5, 5.41) is 5.33. The molecule has 6 nitrogen and oxygen atoms in total. The number of carbonyl (C=O) groups is 3. The first-order valence-corrected chi connectivity index (χ1v) is 7.11. The van der Waals surface area contributed by atoms with Crippen molar-refractivity contribution in [2.24, 2.45) is 0 Å². The Labute approximate surface area is 139 Å². The second kappa shape index (κ2) is 7.73. The highest BCUT2D eigenvalue weighted by atomic mass is 16.5. The Balaban J connectivity index is 2.05. The number of hydrogen-bond donors (Lipinski definition) is 2. The normalized spacial score (nSPS) is 9.71. The first-order valence-electron chi connectivity index (χ1n) is 7.11. The molecular formula is C18H16N2O4. The zero-order chi connectivity index (χ0) is 17.5. The summed E-state index contributed by atoms with van der Waals surface area (Å²) in [5.74, 6) is -0.802. The van der Waals surface area contributed by atoms with Crippen molar-refractivity contribution in [3.63, 3.8) is 0 Å². The average Bonchev–Trinajstić information content (AvgIpc) is 2.56. The highest BCUT2D eigenvalue weighted by molar-refractivity contribution is 6.05. The van der Waals surface area contributed by atoms with Gasteiger partial charge in [-0.3, -0.25) is 14.4 Å². The fraction of sp³-hybridized carbons (Fsp3) is 0.0556. The van der Waals surface area contributed by atoms with E-state index in [4.69, 9.17) is 4.74 Å². The minimum absolute atomic E-state index is 0.303. The van der Waals surface area contributed by atoms with Crippen molar-refractivity contribution in [1.82, 2.24) is 0 Å². The van der Waals surface area contributed by atoms with Crippen LogP contribution in [0.1, 0.15) is 17.3 Å². The molecule has 2 amide bonds. The van der Waals surface area contributed by atoms with Crippen molar-refractivity contribution >= 4 is 29.2 Å². The summed E-state index contributed by atoms with van der Waals surface area (Å²) in [6, 6.07) is 12.9. The zero-order valence-corrected chi connectivity index (χ0v) is 13.0. The van der Waals surface area contributed by atoms with Gasteiger partial charge in [0, 0.05) is 23.9 Å². The molecule has 2 aromatic rings. The number of ether oxygens (including phenoxy) is 1. The van der Waals surface area contributed by atoms with Crippen molar-refractivity contribution in [2.45, 2.75) is 6.92 Å². The highest BCUT2D eigenvalue weighted by Gasteiger charge is 2.08. The third kappa shape index (κ3) is 4.81. The molecule has 2 rings (SSSR count). The molecule has 0 heterocycles. The number of esters is 1. The van der Waals surface area contributed by atoms with Gasteiger partial charge in [-0.25, -0.2) is 0 Å². The summed E-state index contributed by atoms with van der Waals surface area (Å²) in [7, 11) is 0. The van der Waals surface area contributed by atoms with Gasteiger partial charge in [0.2, 0.25) is 5.91 Å². The van der Waals surface area contributed by atoms with Crippen LogP contribution in [0.3, 0.4) is 0 Å². The lowest BCUT2D eigenvalue weighted by Gasteiger charge is -2.08. The van der Waals surface area contributed by atoms with Crippen LogP contribution in [0.4, 0.5) is 11.4 Å². The van der Waals surface area contributed by atoms with Crippen LogP contribution in [-0.4, -0.2) is 17.8 Å². The van der Waals surface area contributed by atoms with E-state index in [1.807, 2.05) is 0 Å². The summed E-state index contributed by atoms with van der Waals surface area (Å²) in [4.78, 5) is 34.4. The van der Waals surface area contributed by atoms with Gasteiger partial charge in [0.15, 0.2) is 0 Å². The maximum absolute atomic E-state index is 12.2. The molecule has 0 aliphatic rings. The summed E-state index contributed by atoms with van der Waals surface area (Å²) >= 11 is 0. The number of amides is 2. The first-order chi connectivity index (χ1) is 11.5. The lowest BCUT2D eigenvalue weighted by molar-refractivity contribution is -0.131. The summed E-state index contributed by atoms with van der Waals surface area (Å²) < 4.78 is 4.95. The van der Waals surface area contributed by atoms with Gasteiger partial charge in [0.1, 0.15) is 5.75 Å². The second-order valence-corrected chi connectivity index (χ2v) is 4.85. The maximum atomic E-state index is 12.2. The smallest absolute Gasteiger partial charge is 0.308 e. The molecule has 0 saturated carbocycles. The van der Waals surface area contributed by atoms with Crippen LogP contribution < -0.4 is 15.4 Å². The SMILES string of the molecule is C=CC(=O)Nc1ccc(NC(=O)c2cccc(OC(C)=O)c2)cc1. The van der Waals surface area contributed by atoms with Gasteiger partial charge in [0.25, 0.3) is 5.91 Å². The topological polar surface area (TPSA) is 84.5 Å². The molecule has 2 aromatic carbocycles. The fourth-order valence-electron chi connectivity index (χ4n) is 1.90. The van der Waals surface area contributed by atoms with Gasteiger partial charge in [-0.2, -0.15) is 0 Å². The molecule has 0 spiro atoms. The molecule has 0 aliphatic heterocycles. The predicted molar refractivity (Wildman–Crippen MR) is 91.0 cm³/mol. The maximum Gasteiger partial charge on any atom is 0.308 e. The van der Waals surface area contributed by atoms with Crippen LogP contribution in [-0.2, 0) is 9.59 Å². The number of hydrogen-bond acceptors (Lipinski definition) is 4. The molecule has 0 saturated heterocycles. The molecule has 0 aliphatic carbocycles. The molecule has 0 unspecified atom stereocenters. The Bertz CT molecular complexity index is 782. The molecule has 122 valence electrons. The van der Waals surface area contributed by atoms with Crippen LogP contribution >= 0.6 is 0 Å². The van der Waals surface area contributed by atoms with Crippen LogP contribution in [0.2, 0.25) is 0 Å². The largest absolute Gasteiger partial charge is 0.427 e. The second-order valence-electron chi connectivity index (χ2n) is 4.85. The van der Waals surface area contributed by atoms with Gasteiger partial charge in [0.05, 0.1) is 0 Å². The molecule has 0 fully saturated rings. The quantitative estimate of drug-likeness (QED) is 0.503. The van der Waals surface area contributed by atoms with Gasteiger partial charge in [-0.15, -0.1) is 0 Å². The average molecular weight is 324 g/mol. The number of carbonyl (C=O) groups excluding carboxylic acids is 3. The van der Waals surface area contributed by atoms with Crippen LogP contribution in [0.5, 0.6) is 5.75 Å². The molecule has 6 heteroatoms. The Morgan fingerprint density at radius 2 is 1.62 bits per heavy atom. The number of nitrogens with one attached hydrogen (secondary N) is 2. The van der Waals surface area contributed by atoms with Crippen LogP contribution in [0, 0.1) is 0 Å². The molecule has 0 bridgehead atoms. The number of rotatable bonds is 5. The van der Waals surface area contributed by atoms with E-state index < -0.39 is 5.97 Å². The third-order valence-corrected chi connectivity index (χ3v) is 2.95. The van der Waals surface area contributed by atoms with E-state index in [0.29, 0.717) is 22.7 Å². The lowest BCUT2D eigenvalue weighted by Crippen LogP contribution is -2.12. The van der Waals surface area contributed by atoms with Crippen LogP contribution in [0.15, 0.2) is 61.2 Å². The monoisotopic (exact) mass is 324 g/mol. The van der Waals surface area contributed by atoms with E-state index in [1.165, 1.54) is 19.1 Å². The molecule has 0 aromatic heterocycles. The van der Waals surface area contributed by atoms with E-state index in [1.54, 1.807) is 42.5 Å². The Morgan fingerprint density at radius 3 is 2.21 bits per heavy atom. The van der Waals surface area contributed by atoms with E-state index in [-0.39, 0.29) is 11.8 Å². The van der Waals surface area contributed by atoms with Crippen molar-refractivity contribution in [2.75, 3.05) is 10.6 Å². The highest BCUT2D eigenvalue weighted by Crippen LogP contribution is 2.17. The van der Waals surface area contributed by atoms with Gasteiger partial charge >= 0.3 is 5.97 Å². The van der Waals surface area contributed by atoms with Crippen molar-refractivity contribution in [1.29, 1.82) is 0 Å². The molecule has 0 atom stereocenters. The van der Waals surface area contributed by atoms with Crippen molar-refractivity contribution < 1.29 is 19.1 Å². The fourth-order valence-corrected chi connectivity index (χ4v) is 1.90. The standard InChI is InChI=1S/C18H16N2O4/c1-3-17(22)19-14-7-9-15(10-8-14)20-18(23)13-5-4-6-16(11-13)24-12(2)21/h3-11H,1H2,2H3,(H,19,22)(H,20,23). The first kappa shape index (κ1) is 17.0.